The van der Waals surface area contributed by atoms with Crippen molar-refractivity contribution in [1.29, 1.82) is 0 Å². The standard InChI is InChI=1S/C38H24/c1-4-14-26(15-5-1)33-32-22-12-21-30-31-24-23-25-13-10-11-20-29(25)36(31)38(37(30)32)35(28-18-8-3-9-19-28)34(33)27-16-6-2-7-17-27/h1-24H. The Balaban J connectivity index is 1.68. The summed E-state index contributed by atoms with van der Waals surface area (Å²) in [7, 11) is 0. The summed E-state index contributed by atoms with van der Waals surface area (Å²) in [5.74, 6) is 0. The minimum Gasteiger partial charge on any atom is -0.0622 e. The fourth-order valence-electron chi connectivity index (χ4n) is 6.47. The zero-order chi connectivity index (χ0) is 25.1. The molecule has 0 saturated carbocycles. The van der Waals surface area contributed by atoms with Crippen LogP contribution in [0.4, 0.5) is 0 Å². The van der Waals surface area contributed by atoms with E-state index in [9.17, 15) is 0 Å². The lowest BCUT2D eigenvalue weighted by atomic mass is 9.80. The van der Waals surface area contributed by atoms with Crippen LogP contribution in [0, 0.1) is 0 Å². The Labute approximate surface area is 222 Å². The number of benzene rings is 7. The summed E-state index contributed by atoms with van der Waals surface area (Å²) < 4.78 is 0. The Morgan fingerprint density at radius 1 is 0.263 bits per heavy atom. The van der Waals surface area contributed by atoms with Crippen molar-refractivity contribution >= 4 is 21.5 Å². The highest BCUT2D eigenvalue weighted by Crippen LogP contribution is 2.58. The Hall–Kier alpha value is -4.94. The van der Waals surface area contributed by atoms with Gasteiger partial charge in [0.1, 0.15) is 0 Å². The van der Waals surface area contributed by atoms with Crippen LogP contribution in [0.15, 0.2) is 146 Å². The van der Waals surface area contributed by atoms with Crippen LogP contribution in [-0.4, -0.2) is 0 Å². The molecule has 0 N–H and O–H groups in total. The molecule has 0 aromatic heterocycles. The fourth-order valence-corrected chi connectivity index (χ4v) is 6.47. The molecular weight excluding hydrogens is 456 g/mol. The molecule has 0 fully saturated rings. The molecule has 0 heterocycles. The topological polar surface area (TPSA) is 0 Å². The van der Waals surface area contributed by atoms with Gasteiger partial charge in [-0.05, 0) is 77.2 Å². The van der Waals surface area contributed by atoms with Crippen LogP contribution in [0.2, 0.25) is 0 Å². The van der Waals surface area contributed by atoms with Gasteiger partial charge in [-0.1, -0.05) is 146 Å². The van der Waals surface area contributed by atoms with Crippen LogP contribution in [0.25, 0.3) is 77.2 Å². The van der Waals surface area contributed by atoms with Gasteiger partial charge < -0.3 is 0 Å². The second-order valence-corrected chi connectivity index (χ2v) is 10.0. The van der Waals surface area contributed by atoms with E-state index in [4.69, 9.17) is 0 Å². The number of fused-ring (bicyclic) bond motifs is 5. The highest BCUT2D eigenvalue weighted by Gasteiger charge is 2.31. The molecule has 176 valence electrons. The monoisotopic (exact) mass is 480 g/mol. The van der Waals surface area contributed by atoms with Crippen molar-refractivity contribution in [3.05, 3.63) is 146 Å². The van der Waals surface area contributed by atoms with E-state index in [1.54, 1.807) is 0 Å². The van der Waals surface area contributed by atoms with Crippen molar-refractivity contribution in [3.63, 3.8) is 0 Å². The molecule has 0 aliphatic heterocycles. The first-order valence-electron chi connectivity index (χ1n) is 13.2. The maximum absolute atomic E-state index is 2.32. The van der Waals surface area contributed by atoms with Crippen LogP contribution >= 0.6 is 0 Å². The third kappa shape index (κ3) is 2.98. The van der Waals surface area contributed by atoms with E-state index in [-0.39, 0.29) is 0 Å². The Bertz CT molecular complexity index is 1980. The first-order chi connectivity index (χ1) is 18.9. The van der Waals surface area contributed by atoms with Gasteiger partial charge in [-0.2, -0.15) is 0 Å². The predicted octanol–water partition coefficient (Wildman–Crippen LogP) is 10.6. The zero-order valence-corrected chi connectivity index (χ0v) is 20.9. The lowest BCUT2D eigenvalue weighted by molar-refractivity contribution is 1.59. The Kier molecular flexibility index (Phi) is 4.62. The minimum atomic E-state index is 1.24. The average Bonchev–Trinajstić information content (AvgIpc) is 3.34. The lowest BCUT2D eigenvalue weighted by Gasteiger charge is -2.23. The van der Waals surface area contributed by atoms with Crippen LogP contribution in [-0.2, 0) is 0 Å². The minimum absolute atomic E-state index is 1.24. The maximum Gasteiger partial charge on any atom is -0.000138 e. The fraction of sp³-hybridized carbons (Fsp3) is 0. The summed E-state index contributed by atoms with van der Waals surface area (Å²) in [6.07, 6.45) is 0. The molecule has 0 amide bonds. The van der Waals surface area contributed by atoms with Gasteiger partial charge in [0.2, 0.25) is 0 Å². The highest BCUT2D eigenvalue weighted by atomic mass is 14.3. The summed E-state index contributed by atoms with van der Waals surface area (Å²) in [5, 5.41) is 5.25. The third-order valence-electron chi connectivity index (χ3n) is 7.99. The zero-order valence-electron chi connectivity index (χ0n) is 20.9. The number of hydrogen-bond acceptors (Lipinski definition) is 0. The van der Waals surface area contributed by atoms with E-state index in [2.05, 4.69) is 146 Å². The van der Waals surface area contributed by atoms with Crippen LogP contribution in [0.5, 0.6) is 0 Å². The SMILES string of the molecule is c1ccc(-c2c(-c3ccccc3)c3c4c(cccc4c2-c2ccccc2)-c2ccc4ccccc4c2-3)cc1. The molecule has 1 aliphatic carbocycles. The van der Waals surface area contributed by atoms with Gasteiger partial charge in [-0.25, -0.2) is 0 Å². The first-order valence-corrected chi connectivity index (χ1v) is 13.2. The van der Waals surface area contributed by atoms with E-state index in [1.165, 1.54) is 77.2 Å². The van der Waals surface area contributed by atoms with E-state index in [1.807, 2.05) is 0 Å². The maximum atomic E-state index is 2.32. The van der Waals surface area contributed by atoms with Crippen LogP contribution in [0.3, 0.4) is 0 Å². The van der Waals surface area contributed by atoms with E-state index >= 15 is 0 Å². The summed E-state index contributed by atoms with van der Waals surface area (Å²) >= 11 is 0. The predicted molar refractivity (Wildman–Crippen MR) is 162 cm³/mol. The first kappa shape index (κ1) is 21.2. The van der Waals surface area contributed by atoms with Crippen molar-refractivity contribution in [2.24, 2.45) is 0 Å². The normalized spacial score (nSPS) is 11.7. The summed E-state index contributed by atoms with van der Waals surface area (Å²) in [6, 6.07) is 53.1. The van der Waals surface area contributed by atoms with Crippen LogP contribution < -0.4 is 0 Å². The summed E-state index contributed by atoms with van der Waals surface area (Å²) in [6.45, 7) is 0. The second-order valence-electron chi connectivity index (χ2n) is 10.0. The van der Waals surface area contributed by atoms with E-state index < -0.39 is 0 Å². The molecule has 0 unspecified atom stereocenters. The lowest BCUT2D eigenvalue weighted by Crippen LogP contribution is -1.96. The smallest absolute Gasteiger partial charge is 0.000138 e. The molecule has 0 spiro atoms. The van der Waals surface area contributed by atoms with Gasteiger partial charge in [-0.15, -0.1) is 0 Å². The highest BCUT2D eigenvalue weighted by molar-refractivity contribution is 6.29. The van der Waals surface area contributed by atoms with Gasteiger partial charge >= 0.3 is 0 Å². The largest absolute Gasteiger partial charge is 0.0622 e. The van der Waals surface area contributed by atoms with Gasteiger partial charge in [0, 0.05) is 0 Å². The van der Waals surface area contributed by atoms with Gasteiger partial charge in [0.25, 0.3) is 0 Å². The van der Waals surface area contributed by atoms with Crippen molar-refractivity contribution in [1.82, 2.24) is 0 Å². The average molecular weight is 481 g/mol. The van der Waals surface area contributed by atoms with Crippen molar-refractivity contribution in [3.8, 4) is 55.6 Å². The van der Waals surface area contributed by atoms with Gasteiger partial charge in [0.15, 0.2) is 0 Å². The molecule has 38 heavy (non-hydrogen) atoms. The number of hydrogen-bond donors (Lipinski definition) is 0. The molecule has 1 aliphatic rings. The van der Waals surface area contributed by atoms with E-state index in [0.717, 1.165) is 0 Å². The quantitative estimate of drug-likeness (QED) is 0.236. The molecule has 0 heteroatoms. The van der Waals surface area contributed by atoms with Crippen LogP contribution in [0.1, 0.15) is 0 Å². The molecule has 0 bridgehead atoms. The summed E-state index contributed by atoms with van der Waals surface area (Å²) in [4.78, 5) is 0. The Morgan fingerprint density at radius 2 is 0.789 bits per heavy atom. The Morgan fingerprint density at radius 3 is 1.45 bits per heavy atom. The van der Waals surface area contributed by atoms with Gasteiger partial charge in [0.05, 0.1) is 0 Å². The van der Waals surface area contributed by atoms with Crippen molar-refractivity contribution < 1.29 is 0 Å². The molecule has 7 aromatic rings. The second kappa shape index (κ2) is 8.30. The molecule has 0 nitrogen and oxygen atoms in total. The molecule has 0 atom stereocenters. The molecule has 8 rings (SSSR count). The van der Waals surface area contributed by atoms with Crippen molar-refractivity contribution in [2.75, 3.05) is 0 Å². The third-order valence-corrected chi connectivity index (χ3v) is 7.99. The number of rotatable bonds is 3. The molecule has 0 saturated heterocycles. The molecule has 0 radical (unpaired) electrons. The molecular formula is C38H24. The van der Waals surface area contributed by atoms with Gasteiger partial charge in [-0.3, -0.25) is 0 Å². The summed E-state index contributed by atoms with van der Waals surface area (Å²) in [5.41, 5.74) is 13.0. The molecule has 7 aromatic carbocycles. The van der Waals surface area contributed by atoms with Crippen molar-refractivity contribution in [2.45, 2.75) is 0 Å². The van der Waals surface area contributed by atoms with E-state index in [0.29, 0.717) is 0 Å².